The molecule has 144 valence electrons. The molecule has 0 aliphatic carbocycles. The van der Waals surface area contributed by atoms with Crippen molar-refractivity contribution in [3.63, 3.8) is 0 Å². The number of amides is 1. The molecule has 0 saturated carbocycles. The zero-order chi connectivity index (χ0) is 19.6. The molecule has 1 aromatic heterocycles. The SMILES string of the molecule is CC(C)c1nc(CC(=O)N2CCC(C(=O)c3cc(F)ccc3F)CC2)cs1. The molecule has 1 saturated heterocycles. The van der Waals surface area contributed by atoms with Crippen LogP contribution in [0.25, 0.3) is 0 Å². The largest absolute Gasteiger partial charge is 0.342 e. The maximum Gasteiger partial charge on any atom is 0.228 e. The van der Waals surface area contributed by atoms with Crippen LogP contribution in [0.2, 0.25) is 0 Å². The lowest BCUT2D eigenvalue weighted by Gasteiger charge is -2.31. The maximum atomic E-state index is 13.8. The van der Waals surface area contributed by atoms with Crippen molar-refractivity contribution in [3.05, 3.63) is 51.5 Å². The second kappa shape index (κ2) is 8.25. The van der Waals surface area contributed by atoms with Gasteiger partial charge < -0.3 is 4.90 Å². The van der Waals surface area contributed by atoms with E-state index >= 15 is 0 Å². The van der Waals surface area contributed by atoms with Crippen molar-refractivity contribution >= 4 is 23.0 Å². The number of benzene rings is 1. The quantitative estimate of drug-likeness (QED) is 0.717. The van der Waals surface area contributed by atoms with Crippen LogP contribution in [0.1, 0.15) is 53.7 Å². The number of hydrogen-bond acceptors (Lipinski definition) is 4. The molecule has 0 bridgehead atoms. The van der Waals surface area contributed by atoms with E-state index < -0.39 is 17.6 Å². The van der Waals surface area contributed by atoms with Crippen LogP contribution in [0.5, 0.6) is 0 Å². The Morgan fingerprint density at radius 3 is 2.59 bits per heavy atom. The normalized spacial score (nSPS) is 15.4. The van der Waals surface area contributed by atoms with Crippen molar-refractivity contribution in [2.45, 2.75) is 39.0 Å². The second-order valence-electron chi connectivity index (χ2n) is 7.15. The molecule has 1 aromatic carbocycles. The van der Waals surface area contributed by atoms with E-state index in [1.54, 1.807) is 16.2 Å². The number of likely N-dealkylation sites (tertiary alicyclic amines) is 1. The third-order valence-electron chi connectivity index (χ3n) is 4.81. The molecule has 1 fully saturated rings. The molecule has 1 aliphatic rings. The molecule has 1 aliphatic heterocycles. The number of aromatic nitrogens is 1. The van der Waals surface area contributed by atoms with Crippen molar-refractivity contribution in [1.82, 2.24) is 9.88 Å². The molecule has 2 aromatic rings. The Labute approximate surface area is 161 Å². The Hall–Kier alpha value is -2.15. The minimum atomic E-state index is -0.704. The van der Waals surface area contributed by atoms with E-state index in [0.717, 1.165) is 28.9 Å². The van der Waals surface area contributed by atoms with Crippen LogP contribution in [-0.4, -0.2) is 34.7 Å². The number of ketones is 1. The summed E-state index contributed by atoms with van der Waals surface area (Å²) in [6, 6.07) is 2.92. The van der Waals surface area contributed by atoms with Gasteiger partial charge in [0.05, 0.1) is 22.7 Å². The molecule has 1 amide bonds. The molecule has 7 heteroatoms. The minimum Gasteiger partial charge on any atom is -0.342 e. The smallest absolute Gasteiger partial charge is 0.228 e. The predicted molar refractivity (Wildman–Crippen MR) is 99.9 cm³/mol. The van der Waals surface area contributed by atoms with Crippen LogP contribution in [0.3, 0.4) is 0 Å². The molecular weight excluding hydrogens is 370 g/mol. The van der Waals surface area contributed by atoms with Gasteiger partial charge in [0.15, 0.2) is 5.78 Å². The van der Waals surface area contributed by atoms with Crippen LogP contribution >= 0.6 is 11.3 Å². The number of carbonyl (C=O) groups is 2. The molecule has 3 rings (SSSR count). The van der Waals surface area contributed by atoms with Crippen molar-refractivity contribution in [2.75, 3.05) is 13.1 Å². The summed E-state index contributed by atoms with van der Waals surface area (Å²) in [4.78, 5) is 31.2. The molecule has 0 radical (unpaired) electrons. The summed E-state index contributed by atoms with van der Waals surface area (Å²) in [7, 11) is 0. The summed E-state index contributed by atoms with van der Waals surface area (Å²) in [6.07, 6.45) is 1.16. The van der Waals surface area contributed by atoms with Gasteiger partial charge in [-0.25, -0.2) is 13.8 Å². The standard InChI is InChI=1S/C20H22F2N2O2S/c1-12(2)20-23-15(11-27-20)10-18(25)24-7-5-13(6-8-24)19(26)16-9-14(21)3-4-17(16)22/h3-4,9,11-13H,5-8,10H2,1-2H3. The van der Waals surface area contributed by atoms with E-state index in [1.807, 2.05) is 5.38 Å². The van der Waals surface area contributed by atoms with Crippen LogP contribution in [-0.2, 0) is 11.2 Å². The van der Waals surface area contributed by atoms with Gasteiger partial charge in [-0.3, -0.25) is 9.59 Å². The first kappa shape index (κ1) is 19.6. The molecule has 0 N–H and O–H groups in total. The fourth-order valence-electron chi connectivity index (χ4n) is 3.23. The first-order valence-electron chi connectivity index (χ1n) is 9.06. The van der Waals surface area contributed by atoms with Gasteiger partial charge in [0.25, 0.3) is 0 Å². The Balaban J connectivity index is 1.57. The summed E-state index contributed by atoms with van der Waals surface area (Å²) in [5.41, 5.74) is 0.567. The number of hydrogen-bond donors (Lipinski definition) is 0. The van der Waals surface area contributed by atoms with Gasteiger partial charge in [0.1, 0.15) is 11.6 Å². The zero-order valence-electron chi connectivity index (χ0n) is 15.4. The van der Waals surface area contributed by atoms with Gasteiger partial charge in [0, 0.05) is 30.3 Å². The summed E-state index contributed by atoms with van der Waals surface area (Å²) < 4.78 is 27.1. The highest BCUT2D eigenvalue weighted by Gasteiger charge is 2.29. The summed E-state index contributed by atoms with van der Waals surface area (Å²) in [6.45, 7) is 5.00. The summed E-state index contributed by atoms with van der Waals surface area (Å²) in [5, 5.41) is 2.93. The third kappa shape index (κ3) is 4.58. The highest BCUT2D eigenvalue weighted by molar-refractivity contribution is 7.09. The monoisotopic (exact) mass is 392 g/mol. The second-order valence-corrected chi connectivity index (χ2v) is 8.04. The van der Waals surface area contributed by atoms with Gasteiger partial charge >= 0.3 is 0 Å². The maximum absolute atomic E-state index is 13.8. The van der Waals surface area contributed by atoms with Gasteiger partial charge in [0.2, 0.25) is 5.91 Å². The lowest BCUT2D eigenvalue weighted by atomic mass is 9.88. The summed E-state index contributed by atoms with van der Waals surface area (Å²) in [5.74, 6) is -1.79. The topological polar surface area (TPSA) is 50.3 Å². The van der Waals surface area contributed by atoms with E-state index in [1.165, 1.54) is 0 Å². The Morgan fingerprint density at radius 1 is 1.26 bits per heavy atom. The van der Waals surface area contributed by atoms with E-state index in [2.05, 4.69) is 18.8 Å². The Morgan fingerprint density at radius 2 is 1.96 bits per heavy atom. The lowest BCUT2D eigenvalue weighted by molar-refractivity contribution is -0.131. The van der Waals surface area contributed by atoms with Crippen molar-refractivity contribution in [2.24, 2.45) is 5.92 Å². The van der Waals surface area contributed by atoms with Gasteiger partial charge in [-0.1, -0.05) is 13.8 Å². The van der Waals surface area contributed by atoms with Crippen LogP contribution in [0.4, 0.5) is 8.78 Å². The van der Waals surface area contributed by atoms with Crippen molar-refractivity contribution in [1.29, 1.82) is 0 Å². The molecule has 27 heavy (non-hydrogen) atoms. The molecule has 0 unspecified atom stereocenters. The Kier molecular flexibility index (Phi) is 5.99. The number of piperidine rings is 1. The summed E-state index contributed by atoms with van der Waals surface area (Å²) >= 11 is 1.56. The highest BCUT2D eigenvalue weighted by atomic mass is 32.1. The molecule has 4 nitrogen and oxygen atoms in total. The van der Waals surface area contributed by atoms with Crippen molar-refractivity contribution in [3.8, 4) is 0 Å². The number of rotatable bonds is 5. The Bertz CT molecular complexity index is 842. The van der Waals surface area contributed by atoms with Crippen LogP contribution < -0.4 is 0 Å². The molecule has 0 atom stereocenters. The number of nitrogens with zero attached hydrogens (tertiary/aromatic N) is 2. The van der Waals surface area contributed by atoms with Crippen LogP contribution in [0, 0.1) is 17.6 Å². The van der Waals surface area contributed by atoms with E-state index in [9.17, 15) is 18.4 Å². The van der Waals surface area contributed by atoms with Gasteiger partial charge in [-0.15, -0.1) is 11.3 Å². The van der Waals surface area contributed by atoms with Crippen molar-refractivity contribution < 1.29 is 18.4 Å². The fraction of sp³-hybridized carbons (Fsp3) is 0.450. The van der Waals surface area contributed by atoms with Gasteiger partial charge in [-0.2, -0.15) is 0 Å². The number of carbonyl (C=O) groups excluding carboxylic acids is 2. The highest BCUT2D eigenvalue weighted by Crippen LogP contribution is 2.25. The molecule has 2 heterocycles. The lowest BCUT2D eigenvalue weighted by Crippen LogP contribution is -2.41. The fourth-order valence-corrected chi connectivity index (χ4v) is 4.07. The first-order valence-corrected chi connectivity index (χ1v) is 9.94. The third-order valence-corrected chi connectivity index (χ3v) is 6.00. The van der Waals surface area contributed by atoms with Crippen LogP contribution in [0.15, 0.2) is 23.6 Å². The number of Topliss-reactive ketones (excluding diaryl/α,β-unsaturated/α-hetero) is 1. The molecular formula is C20H22F2N2O2S. The first-order chi connectivity index (χ1) is 12.8. The number of thiazole rings is 1. The van der Waals surface area contributed by atoms with Gasteiger partial charge in [-0.05, 0) is 31.0 Å². The predicted octanol–water partition coefficient (Wildman–Crippen LogP) is 4.21. The molecule has 0 spiro atoms. The minimum absolute atomic E-state index is 0.0153. The van der Waals surface area contributed by atoms with E-state index in [4.69, 9.17) is 0 Å². The zero-order valence-corrected chi connectivity index (χ0v) is 16.2. The average molecular weight is 392 g/mol. The number of halogens is 2. The van der Waals surface area contributed by atoms with E-state index in [-0.39, 0.29) is 23.7 Å². The van der Waals surface area contributed by atoms with E-state index in [0.29, 0.717) is 31.8 Å². The average Bonchev–Trinajstić information content (AvgIpc) is 3.12.